The maximum Gasteiger partial charge on any atom is 0.339 e. The summed E-state index contributed by atoms with van der Waals surface area (Å²) < 4.78 is 5.05. The predicted molar refractivity (Wildman–Crippen MR) is 80.8 cm³/mol. The van der Waals surface area contributed by atoms with Gasteiger partial charge in [-0.2, -0.15) is 0 Å². The fourth-order valence-electron chi connectivity index (χ4n) is 1.98. The highest BCUT2D eigenvalue weighted by atomic mass is 16.5. The second-order valence-electron chi connectivity index (χ2n) is 4.68. The molecule has 114 valence electrons. The number of amides is 1. The first-order chi connectivity index (χ1) is 10.4. The van der Waals surface area contributed by atoms with Gasteiger partial charge in [-0.1, -0.05) is 6.07 Å². The van der Waals surface area contributed by atoms with E-state index in [2.05, 4.69) is 5.32 Å². The van der Waals surface area contributed by atoms with Crippen LogP contribution in [0.2, 0.25) is 0 Å². The number of aromatic carboxylic acids is 1. The number of hydrogen-bond donors (Lipinski definition) is 3. The Morgan fingerprint density at radius 3 is 2.55 bits per heavy atom. The number of carboxylic acids is 1. The summed E-state index contributed by atoms with van der Waals surface area (Å²) in [5, 5.41) is 21.4. The molecule has 6 nitrogen and oxygen atoms in total. The second-order valence-corrected chi connectivity index (χ2v) is 4.68. The van der Waals surface area contributed by atoms with Crippen LogP contribution in [0.5, 0.6) is 11.5 Å². The SMILES string of the molecule is COc1cccc(C(=O)Nc2cc(C)c(O)c(C(=O)O)c2)c1. The van der Waals surface area contributed by atoms with Crippen molar-refractivity contribution in [2.75, 3.05) is 12.4 Å². The van der Waals surface area contributed by atoms with Crippen LogP contribution >= 0.6 is 0 Å². The van der Waals surface area contributed by atoms with Crippen molar-refractivity contribution in [3.05, 3.63) is 53.1 Å². The van der Waals surface area contributed by atoms with Gasteiger partial charge < -0.3 is 20.3 Å². The molecule has 22 heavy (non-hydrogen) atoms. The van der Waals surface area contributed by atoms with Gasteiger partial charge in [0.25, 0.3) is 5.91 Å². The summed E-state index contributed by atoms with van der Waals surface area (Å²) in [4.78, 5) is 23.3. The van der Waals surface area contributed by atoms with Crippen molar-refractivity contribution in [3.8, 4) is 11.5 Å². The second kappa shape index (κ2) is 6.17. The Balaban J connectivity index is 2.30. The van der Waals surface area contributed by atoms with E-state index in [0.717, 1.165) is 0 Å². The molecule has 1 amide bonds. The topological polar surface area (TPSA) is 95.9 Å². The number of methoxy groups -OCH3 is 1. The molecule has 0 aliphatic rings. The molecule has 2 aromatic carbocycles. The monoisotopic (exact) mass is 301 g/mol. The molecule has 0 spiro atoms. The third-order valence-corrected chi connectivity index (χ3v) is 3.12. The molecule has 0 bridgehead atoms. The summed E-state index contributed by atoms with van der Waals surface area (Å²) >= 11 is 0. The van der Waals surface area contributed by atoms with Gasteiger partial charge in [0, 0.05) is 11.3 Å². The minimum atomic E-state index is -1.27. The van der Waals surface area contributed by atoms with Crippen molar-refractivity contribution in [1.29, 1.82) is 0 Å². The van der Waals surface area contributed by atoms with Gasteiger partial charge in [-0.05, 0) is 42.8 Å². The highest BCUT2D eigenvalue weighted by Gasteiger charge is 2.15. The van der Waals surface area contributed by atoms with Crippen LogP contribution in [0.4, 0.5) is 5.69 Å². The molecule has 2 rings (SSSR count). The first-order valence-electron chi connectivity index (χ1n) is 6.44. The molecule has 2 aromatic rings. The lowest BCUT2D eigenvalue weighted by molar-refractivity contribution is 0.0693. The molecule has 3 N–H and O–H groups in total. The average Bonchev–Trinajstić information content (AvgIpc) is 2.50. The third-order valence-electron chi connectivity index (χ3n) is 3.12. The van der Waals surface area contributed by atoms with Crippen molar-refractivity contribution >= 4 is 17.6 Å². The third kappa shape index (κ3) is 3.17. The van der Waals surface area contributed by atoms with E-state index in [1.54, 1.807) is 31.2 Å². The summed E-state index contributed by atoms with van der Waals surface area (Å²) in [6, 6.07) is 9.29. The van der Waals surface area contributed by atoms with Gasteiger partial charge in [0.1, 0.15) is 17.1 Å². The molecule has 0 aliphatic heterocycles. The van der Waals surface area contributed by atoms with E-state index in [1.165, 1.54) is 19.2 Å². The molecule has 0 saturated carbocycles. The maximum absolute atomic E-state index is 12.2. The normalized spacial score (nSPS) is 10.1. The molecule has 0 aliphatic carbocycles. The number of aryl methyl sites for hydroxylation is 1. The zero-order valence-electron chi connectivity index (χ0n) is 12.1. The van der Waals surface area contributed by atoms with Crippen molar-refractivity contribution in [2.45, 2.75) is 6.92 Å². The molecule has 0 radical (unpaired) electrons. The number of ether oxygens (including phenoxy) is 1. The minimum absolute atomic E-state index is 0.263. The Kier molecular flexibility index (Phi) is 4.31. The van der Waals surface area contributed by atoms with E-state index in [4.69, 9.17) is 9.84 Å². The lowest BCUT2D eigenvalue weighted by atomic mass is 10.1. The Morgan fingerprint density at radius 1 is 1.18 bits per heavy atom. The zero-order chi connectivity index (χ0) is 16.3. The van der Waals surface area contributed by atoms with E-state index in [-0.39, 0.29) is 11.3 Å². The molecule has 0 aromatic heterocycles. The largest absolute Gasteiger partial charge is 0.507 e. The van der Waals surface area contributed by atoms with E-state index in [0.29, 0.717) is 22.6 Å². The van der Waals surface area contributed by atoms with Gasteiger partial charge in [0.15, 0.2) is 0 Å². The summed E-state index contributed by atoms with van der Waals surface area (Å²) in [5.41, 5.74) is 0.768. The van der Waals surface area contributed by atoms with Crippen LogP contribution in [0.1, 0.15) is 26.3 Å². The van der Waals surface area contributed by atoms with Crippen molar-refractivity contribution < 1.29 is 24.5 Å². The maximum atomic E-state index is 12.2. The smallest absolute Gasteiger partial charge is 0.339 e. The molecule has 0 heterocycles. The number of nitrogens with one attached hydrogen (secondary N) is 1. The number of benzene rings is 2. The molecule has 0 atom stereocenters. The minimum Gasteiger partial charge on any atom is -0.507 e. The quantitative estimate of drug-likeness (QED) is 0.754. The standard InChI is InChI=1S/C16H15NO5/c1-9-6-11(8-13(14(9)18)16(20)21)17-15(19)10-4-3-5-12(7-10)22-2/h3-8,18H,1-2H3,(H,17,19)(H,20,21). The highest BCUT2D eigenvalue weighted by molar-refractivity contribution is 6.05. The molecule has 6 heteroatoms. The number of aromatic hydroxyl groups is 1. The van der Waals surface area contributed by atoms with Crippen LogP contribution in [-0.2, 0) is 0 Å². The summed E-state index contributed by atoms with van der Waals surface area (Å²) in [6.45, 7) is 1.56. The van der Waals surface area contributed by atoms with Crippen LogP contribution < -0.4 is 10.1 Å². The number of anilines is 1. The molecule has 0 fully saturated rings. The van der Waals surface area contributed by atoms with E-state index >= 15 is 0 Å². The average molecular weight is 301 g/mol. The van der Waals surface area contributed by atoms with Gasteiger partial charge in [-0.15, -0.1) is 0 Å². The Labute approximate surface area is 127 Å². The Morgan fingerprint density at radius 2 is 1.91 bits per heavy atom. The van der Waals surface area contributed by atoms with Crippen LogP contribution in [-0.4, -0.2) is 29.2 Å². The Hall–Kier alpha value is -3.02. The van der Waals surface area contributed by atoms with Gasteiger partial charge in [0.2, 0.25) is 0 Å². The first kappa shape index (κ1) is 15.4. The van der Waals surface area contributed by atoms with Crippen LogP contribution in [0.15, 0.2) is 36.4 Å². The van der Waals surface area contributed by atoms with Crippen LogP contribution in [0.3, 0.4) is 0 Å². The number of carbonyl (C=O) groups is 2. The Bertz CT molecular complexity index is 739. The van der Waals surface area contributed by atoms with Gasteiger partial charge in [-0.3, -0.25) is 4.79 Å². The predicted octanol–water partition coefficient (Wildman–Crippen LogP) is 2.66. The molecular weight excluding hydrogens is 286 g/mol. The van der Waals surface area contributed by atoms with Gasteiger partial charge >= 0.3 is 5.97 Å². The fraction of sp³-hybridized carbons (Fsp3) is 0.125. The lowest BCUT2D eigenvalue weighted by Crippen LogP contribution is -2.13. The van der Waals surface area contributed by atoms with Gasteiger partial charge in [-0.25, -0.2) is 4.79 Å². The van der Waals surface area contributed by atoms with E-state index in [9.17, 15) is 14.7 Å². The molecular formula is C16H15NO5. The van der Waals surface area contributed by atoms with Crippen LogP contribution in [0.25, 0.3) is 0 Å². The lowest BCUT2D eigenvalue weighted by Gasteiger charge is -2.10. The fourth-order valence-corrected chi connectivity index (χ4v) is 1.98. The number of carboxylic acid groups (broad SMARTS) is 1. The highest BCUT2D eigenvalue weighted by Crippen LogP contribution is 2.27. The van der Waals surface area contributed by atoms with Crippen molar-refractivity contribution in [1.82, 2.24) is 0 Å². The number of phenols is 1. The number of carbonyl (C=O) groups excluding carboxylic acids is 1. The van der Waals surface area contributed by atoms with Crippen LogP contribution in [0, 0.1) is 6.92 Å². The van der Waals surface area contributed by atoms with Gasteiger partial charge in [0.05, 0.1) is 7.11 Å². The summed E-state index contributed by atoms with van der Waals surface area (Å²) in [7, 11) is 1.50. The molecule has 0 unspecified atom stereocenters. The zero-order valence-corrected chi connectivity index (χ0v) is 12.1. The van der Waals surface area contributed by atoms with Crippen molar-refractivity contribution in [3.63, 3.8) is 0 Å². The van der Waals surface area contributed by atoms with E-state index < -0.39 is 11.9 Å². The number of hydrogen-bond acceptors (Lipinski definition) is 4. The van der Waals surface area contributed by atoms with Crippen molar-refractivity contribution in [2.24, 2.45) is 0 Å². The van der Waals surface area contributed by atoms with E-state index in [1.807, 2.05) is 0 Å². The number of rotatable bonds is 4. The summed E-state index contributed by atoms with van der Waals surface area (Å²) in [5.74, 6) is -1.44. The summed E-state index contributed by atoms with van der Waals surface area (Å²) in [6.07, 6.45) is 0. The molecule has 0 saturated heterocycles. The first-order valence-corrected chi connectivity index (χ1v) is 6.44.